The topological polar surface area (TPSA) is 55.4 Å². The van der Waals surface area contributed by atoms with Gasteiger partial charge in [-0.1, -0.05) is 102 Å². The van der Waals surface area contributed by atoms with E-state index in [0.29, 0.717) is 17.3 Å². The summed E-state index contributed by atoms with van der Waals surface area (Å²) in [5, 5.41) is 3.07. The van der Waals surface area contributed by atoms with Crippen molar-refractivity contribution < 1.29 is 14.3 Å². The van der Waals surface area contributed by atoms with Crippen LogP contribution in [0.25, 0.3) is 0 Å². The van der Waals surface area contributed by atoms with Crippen LogP contribution in [-0.2, 0) is 14.3 Å². The molecule has 5 heteroatoms. The number of ether oxygens (including phenoxy) is 1. The van der Waals surface area contributed by atoms with E-state index in [2.05, 4.69) is 12.2 Å². The van der Waals surface area contributed by atoms with Crippen LogP contribution < -0.4 is 5.32 Å². The van der Waals surface area contributed by atoms with Gasteiger partial charge in [-0.15, -0.1) is 0 Å². The van der Waals surface area contributed by atoms with Gasteiger partial charge in [0.15, 0.2) is 0 Å². The van der Waals surface area contributed by atoms with Crippen molar-refractivity contribution in [1.82, 2.24) is 0 Å². The van der Waals surface area contributed by atoms with E-state index in [9.17, 15) is 9.59 Å². The Morgan fingerprint density at radius 2 is 1.21 bits per heavy atom. The maximum atomic E-state index is 11.8. The van der Waals surface area contributed by atoms with Gasteiger partial charge < -0.3 is 10.1 Å². The number of esters is 1. The van der Waals surface area contributed by atoms with Crippen LogP contribution in [0.5, 0.6) is 0 Å². The first kappa shape index (κ1) is 25.5. The predicted octanol–water partition coefficient (Wildman–Crippen LogP) is 7.30. The molecule has 0 saturated carbocycles. The Balaban J connectivity index is 1.88. The fraction of sp³-hybridized carbons (Fsp3) is 0.667. The molecule has 1 aromatic rings. The highest BCUT2D eigenvalue weighted by Crippen LogP contribution is 2.14. The van der Waals surface area contributed by atoms with Gasteiger partial charge in [0, 0.05) is 10.7 Å². The summed E-state index contributed by atoms with van der Waals surface area (Å²) in [6.07, 6.45) is 17.9. The SMILES string of the molecule is CCCCCCCCCCCCCCCCOC(=O)C(=O)Nc1ccc(Cl)cc1. The Bertz CT molecular complexity index is 560. The number of anilines is 1. The molecule has 0 fully saturated rings. The number of halogens is 1. The molecule has 0 saturated heterocycles. The molecule has 0 atom stereocenters. The highest BCUT2D eigenvalue weighted by molar-refractivity contribution is 6.37. The van der Waals surface area contributed by atoms with Crippen molar-refractivity contribution in [3.63, 3.8) is 0 Å². The summed E-state index contributed by atoms with van der Waals surface area (Å²) in [7, 11) is 0. The number of hydrogen-bond acceptors (Lipinski definition) is 3. The van der Waals surface area contributed by atoms with Gasteiger partial charge in [0.2, 0.25) is 0 Å². The van der Waals surface area contributed by atoms with Gasteiger partial charge in [-0.25, -0.2) is 4.79 Å². The van der Waals surface area contributed by atoms with Gasteiger partial charge in [-0.3, -0.25) is 4.79 Å². The summed E-state index contributed by atoms with van der Waals surface area (Å²) in [5.41, 5.74) is 0.521. The average molecular weight is 424 g/mol. The van der Waals surface area contributed by atoms with Gasteiger partial charge >= 0.3 is 11.9 Å². The fourth-order valence-electron chi connectivity index (χ4n) is 3.24. The lowest BCUT2D eigenvalue weighted by Gasteiger charge is -2.06. The summed E-state index contributed by atoms with van der Waals surface area (Å²) in [5.74, 6) is -1.59. The number of benzene rings is 1. The number of amides is 1. The quantitative estimate of drug-likeness (QED) is 0.172. The van der Waals surface area contributed by atoms with Crippen LogP contribution in [-0.4, -0.2) is 18.5 Å². The first-order chi connectivity index (χ1) is 14.1. The van der Waals surface area contributed by atoms with E-state index < -0.39 is 11.9 Å². The van der Waals surface area contributed by atoms with Crippen molar-refractivity contribution in [2.45, 2.75) is 96.8 Å². The molecule has 0 bridgehead atoms. The molecule has 0 radical (unpaired) electrons. The van der Waals surface area contributed by atoms with E-state index >= 15 is 0 Å². The standard InChI is InChI=1S/C24H38ClNO3/c1-2-3-4-5-6-7-8-9-10-11-12-13-14-15-20-29-24(28)23(27)26-22-18-16-21(25)17-19-22/h16-19H,2-15,20H2,1H3,(H,26,27). The summed E-state index contributed by atoms with van der Waals surface area (Å²) in [4.78, 5) is 23.4. The first-order valence-electron chi connectivity index (χ1n) is 11.4. The Kier molecular flexibility index (Phi) is 15.2. The summed E-state index contributed by atoms with van der Waals surface area (Å²) < 4.78 is 5.03. The van der Waals surface area contributed by atoms with Crippen LogP contribution in [0.15, 0.2) is 24.3 Å². The molecule has 4 nitrogen and oxygen atoms in total. The van der Waals surface area contributed by atoms with Gasteiger partial charge in [-0.05, 0) is 30.7 Å². The van der Waals surface area contributed by atoms with Crippen molar-refractivity contribution >= 4 is 29.2 Å². The molecule has 1 N–H and O–H groups in total. The zero-order chi connectivity index (χ0) is 21.2. The third-order valence-corrected chi connectivity index (χ3v) is 5.27. The second-order valence-corrected chi connectivity index (χ2v) is 8.13. The first-order valence-corrected chi connectivity index (χ1v) is 11.7. The lowest BCUT2D eigenvalue weighted by molar-refractivity contribution is -0.152. The maximum Gasteiger partial charge on any atom is 0.397 e. The zero-order valence-corrected chi connectivity index (χ0v) is 18.8. The zero-order valence-electron chi connectivity index (χ0n) is 18.0. The summed E-state index contributed by atoms with van der Waals surface area (Å²) in [6.45, 7) is 2.56. The molecule has 0 heterocycles. The van der Waals surface area contributed by atoms with Crippen LogP contribution >= 0.6 is 11.6 Å². The minimum absolute atomic E-state index is 0.297. The van der Waals surface area contributed by atoms with Crippen molar-refractivity contribution in [3.05, 3.63) is 29.3 Å². The van der Waals surface area contributed by atoms with Gasteiger partial charge in [0.25, 0.3) is 0 Å². The molecular weight excluding hydrogens is 386 g/mol. The lowest BCUT2D eigenvalue weighted by atomic mass is 10.0. The highest BCUT2D eigenvalue weighted by atomic mass is 35.5. The predicted molar refractivity (Wildman–Crippen MR) is 121 cm³/mol. The van der Waals surface area contributed by atoms with Crippen molar-refractivity contribution in [1.29, 1.82) is 0 Å². The van der Waals surface area contributed by atoms with Gasteiger partial charge in [-0.2, -0.15) is 0 Å². The number of unbranched alkanes of at least 4 members (excludes halogenated alkanes) is 13. The van der Waals surface area contributed by atoms with Crippen LogP contribution in [0, 0.1) is 0 Å². The lowest BCUT2D eigenvalue weighted by Crippen LogP contribution is -2.25. The molecular formula is C24H38ClNO3. The van der Waals surface area contributed by atoms with Gasteiger partial charge in [0.05, 0.1) is 6.61 Å². The molecule has 1 rings (SSSR count). The number of carbonyl (C=O) groups is 2. The third kappa shape index (κ3) is 14.1. The largest absolute Gasteiger partial charge is 0.459 e. The molecule has 1 aromatic carbocycles. The fourth-order valence-corrected chi connectivity index (χ4v) is 3.37. The van der Waals surface area contributed by atoms with E-state index in [1.54, 1.807) is 24.3 Å². The molecule has 1 amide bonds. The molecule has 0 aliphatic heterocycles. The Labute approximate surface area is 181 Å². The van der Waals surface area contributed by atoms with Crippen LogP contribution in [0.1, 0.15) is 96.8 Å². The second-order valence-electron chi connectivity index (χ2n) is 7.69. The number of nitrogens with one attached hydrogen (secondary N) is 1. The molecule has 0 aliphatic rings. The third-order valence-electron chi connectivity index (χ3n) is 5.02. The van der Waals surface area contributed by atoms with Crippen LogP contribution in [0.3, 0.4) is 0 Å². The van der Waals surface area contributed by atoms with Crippen molar-refractivity contribution in [3.8, 4) is 0 Å². The Hall–Kier alpha value is -1.55. The summed E-state index contributed by atoms with van der Waals surface area (Å²) >= 11 is 5.78. The van der Waals surface area contributed by atoms with Crippen LogP contribution in [0.4, 0.5) is 5.69 Å². The van der Waals surface area contributed by atoms with Crippen LogP contribution in [0.2, 0.25) is 5.02 Å². The number of rotatable bonds is 16. The van der Waals surface area contributed by atoms with E-state index in [4.69, 9.17) is 16.3 Å². The molecule has 0 spiro atoms. The van der Waals surface area contributed by atoms with E-state index in [-0.39, 0.29) is 0 Å². The monoisotopic (exact) mass is 423 g/mol. The maximum absolute atomic E-state index is 11.8. The smallest absolute Gasteiger partial charge is 0.397 e. The second kappa shape index (κ2) is 17.3. The normalized spacial score (nSPS) is 10.7. The van der Waals surface area contributed by atoms with Crippen molar-refractivity contribution in [2.75, 3.05) is 11.9 Å². The number of carbonyl (C=O) groups excluding carboxylic acids is 2. The highest BCUT2D eigenvalue weighted by Gasteiger charge is 2.15. The molecule has 0 aromatic heterocycles. The number of hydrogen-bond donors (Lipinski definition) is 1. The van der Waals surface area contributed by atoms with Gasteiger partial charge in [0.1, 0.15) is 0 Å². The molecule has 0 aliphatic carbocycles. The van der Waals surface area contributed by atoms with Crippen molar-refractivity contribution in [2.24, 2.45) is 0 Å². The minimum Gasteiger partial charge on any atom is -0.459 e. The average Bonchev–Trinajstić information content (AvgIpc) is 2.72. The Morgan fingerprint density at radius 3 is 1.69 bits per heavy atom. The minimum atomic E-state index is -0.838. The Morgan fingerprint density at radius 1 is 0.759 bits per heavy atom. The van der Waals surface area contributed by atoms with E-state index in [1.165, 1.54) is 70.6 Å². The van der Waals surface area contributed by atoms with E-state index in [0.717, 1.165) is 19.3 Å². The molecule has 0 unspecified atom stereocenters. The molecule has 164 valence electrons. The van der Waals surface area contributed by atoms with E-state index in [1.807, 2.05) is 0 Å². The molecule has 29 heavy (non-hydrogen) atoms. The summed E-state index contributed by atoms with van der Waals surface area (Å²) in [6, 6.07) is 6.58.